The molecule has 3 rings (SSSR count). The van der Waals surface area contributed by atoms with Crippen LogP contribution in [0.4, 0.5) is 5.69 Å². The largest absolute Gasteiger partial charge is 0.348 e. The van der Waals surface area contributed by atoms with E-state index in [1.165, 1.54) is 5.56 Å². The molecule has 0 bridgehead atoms. The predicted octanol–water partition coefficient (Wildman–Crippen LogP) is 5.31. The van der Waals surface area contributed by atoms with Crippen molar-refractivity contribution < 1.29 is 9.59 Å². The van der Waals surface area contributed by atoms with Gasteiger partial charge in [-0.1, -0.05) is 80.6 Å². The molecule has 0 unspecified atom stereocenters. The van der Waals surface area contributed by atoms with Crippen LogP contribution >= 0.6 is 0 Å². The molecule has 0 fully saturated rings. The van der Waals surface area contributed by atoms with E-state index in [-0.39, 0.29) is 11.8 Å². The highest BCUT2D eigenvalue weighted by molar-refractivity contribution is 6.03. The number of carbonyl (C=O) groups is 2. The lowest BCUT2D eigenvalue weighted by molar-refractivity contribution is -0.116. The average molecular weight is 401 g/mol. The molecule has 0 saturated heterocycles. The molecule has 2 amide bonds. The van der Waals surface area contributed by atoms with Gasteiger partial charge in [0.05, 0.1) is 11.3 Å². The molecule has 0 spiro atoms. The van der Waals surface area contributed by atoms with E-state index in [4.69, 9.17) is 0 Å². The zero-order chi connectivity index (χ0) is 21.3. The summed E-state index contributed by atoms with van der Waals surface area (Å²) in [6, 6.07) is 25.2. The first-order chi connectivity index (χ1) is 14.5. The minimum Gasteiger partial charge on any atom is -0.348 e. The fraction of sp³-hybridized carbons (Fsp3) is 0.231. The zero-order valence-corrected chi connectivity index (χ0v) is 17.5. The van der Waals surface area contributed by atoms with Crippen LogP contribution in [-0.4, -0.2) is 11.8 Å². The number of aryl methyl sites for hydroxylation is 1. The van der Waals surface area contributed by atoms with Crippen molar-refractivity contribution in [2.24, 2.45) is 0 Å². The normalized spacial score (nSPS) is 10.6. The molecule has 0 aliphatic heterocycles. The fourth-order valence-electron chi connectivity index (χ4n) is 3.20. The van der Waals surface area contributed by atoms with Gasteiger partial charge in [-0.15, -0.1) is 0 Å². The van der Waals surface area contributed by atoms with E-state index in [9.17, 15) is 9.59 Å². The molecular weight excluding hydrogens is 372 g/mol. The third-order valence-corrected chi connectivity index (χ3v) is 5.03. The first-order valence-corrected chi connectivity index (χ1v) is 10.3. The summed E-state index contributed by atoms with van der Waals surface area (Å²) in [4.78, 5) is 25.1. The van der Waals surface area contributed by atoms with Gasteiger partial charge in [0.2, 0.25) is 5.91 Å². The Morgan fingerprint density at radius 1 is 0.800 bits per heavy atom. The van der Waals surface area contributed by atoms with Crippen molar-refractivity contribution in [2.45, 2.75) is 39.2 Å². The summed E-state index contributed by atoms with van der Waals surface area (Å²) in [5, 5.41) is 5.80. The highest BCUT2D eigenvalue weighted by atomic mass is 16.2. The summed E-state index contributed by atoms with van der Waals surface area (Å²) in [6.07, 6.45) is 1.02. The third-order valence-electron chi connectivity index (χ3n) is 5.03. The van der Waals surface area contributed by atoms with Crippen LogP contribution in [0.25, 0.3) is 0 Å². The van der Waals surface area contributed by atoms with Crippen molar-refractivity contribution in [2.75, 3.05) is 5.32 Å². The number of para-hydroxylation sites is 1. The highest BCUT2D eigenvalue weighted by Crippen LogP contribution is 2.18. The second kappa shape index (κ2) is 10.4. The van der Waals surface area contributed by atoms with Crippen molar-refractivity contribution in [3.8, 4) is 0 Å². The smallest absolute Gasteiger partial charge is 0.253 e. The topological polar surface area (TPSA) is 58.2 Å². The Balaban J connectivity index is 1.57. The first kappa shape index (κ1) is 21.3. The van der Waals surface area contributed by atoms with Gasteiger partial charge in [0.1, 0.15) is 0 Å². The number of hydrogen-bond acceptors (Lipinski definition) is 2. The van der Waals surface area contributed by atoms with Crippen LogP contribution in [0, 0.1) is 0 Å². The van der Waals surface area contributed by atoms with Crippen LogP contribution in [0.1, 0.15) is 53.2 Å². The maximum Gasteiger partial charge on any atom is 0.253 e. The van der Waals surface area contributed by atoms with Gasteiger partial charge in [-0.05, 0) is 41.2 Å². The molecule has 0 atom stereocenters. The van der Waals surface area contributed by atoms with Gasteiger partial charge in [0, 0.05) is 13.0 Å². The maximum atomic E-state index is 12.6. The lowest BCUT2D eigenvalue weighted by Crippen LogP contribution is -2.24. The minimum atomic E-state index is -0.209. The van der Waals surface area contributed by atoms with E-state index in [2.05, 4.69) is 48.7 Å². The Labute approximate surface area is 178 Å². The molecule has 30 heavy (non-hydrogen) atoms. The predicted molar refractivity (Wildman–Crippen MR) is 122 cm³/mol. The van der Waals surface area contributed by atoms with E-state index in [1.54, 1.807) is 18.2 Å². The number of hydrogen-bond donors (Lipinski definition) is 2. The van der Waals surface area contributed by atoms with Crippen LogP contribution in [0.15, 0.2) is 78.9 Å². The first-order valence-electron chi connectivity index (χ1n) is 10.3. The molecule has 0 radical (unpaired) electrons. The second-order valence-corrected chi connectivity index (χ2v) is 7.66. The number of nitrogens with one attached hydrogen (secondary N) is 2. The Morgan fingerprint density at radius 2 is 1.47 bits per heavy atom. The lowest BCUT2D eigenvalue weighted by Gasteiger charge is -2.12. The molecule has 4 heteroatoms. The Morgan fingerprint density at radius 3 is 2.17 bits per heavy atom. The number of carbonyl (C=O) groups excluding carboxylic acids is 2. The van der Waals surface area contributed by atoms with Gasteiger partial charge >= 0.3 is 0 Å². The Kier molecular flexibility index (Phi) is 7.39. The van der Waals surface area contributed by atoms with Crippen LogP contribution in [0.5, 0.6) is 0 Å². The number of rotatable bonds is 8. The SMILES string of the molecule is CC(C)c1ccc(CCC(=O)Nc2ccccc2C(=O)NCc2ccccc2)cc1. The van der Waals surface area contributed by atoms with Crippen LogP contribution in [0.2, 0.25) is 0 Å². The van der Waals surface area contributed by atoms with Gasteiger partial charge in [-0.25, -0.2) is 0 Å². The Bertz CT molecular complexity index is 979. The van der Waals surface area contributed by atoms with E-state index >= 15 is 0 Å². The van der Waals surface area contributed by atoms with Gasteiger partial charge in [0.15, 0.2) is 0 Å². The van der Waals surface area contributed by atoms with Gasteiger partial charge in [0.25, 0.3) is 5.91 Å². The molecule has 3 aromatic rings. The number of anilines is 1. The summed E-state index contributed by atoms with van der Waals surface area (Å²) in [5.41, 5.74) is 4.43. The number of benzene rings is 3. The summed E-state index contributed by atoms with van der Waals surface area (Å²) >= 11 is 0. The van der Waals surface area contributed by atoms with Crippen molar-refractivity contribution in [1.82, 2.24) is 5.32 Å². The quantitative estimate of drug-likeness (QED) is 0.538. The van der Waals surface area contributed by atoms with Crippen LogP contribution < -0.4 is 10.6 Å². The summed E-state index contributed by atoms with van der Waals surface area (Å²) in [7, 11) is 0. The summed E-state index contributed by atoms with van der Waals surface area (Å²) in [5.74, 6) is 0.178. The molecule has 0 saturated carbocycles. The monoisotopic (exact) mass is 400 g/mol. The minimum absolute atomic E-state index is 0.105. The fourth-order valence-corrected chi connectivity index (χ4v) is 3.20. The van der Waals surface area contributed by atoms with Crippen molar-refractivity contribution >= 4 is 17.5 Å². The van der Waals surface area contributed by atoms with E-state index < -0.39 is 0 Å². The summed E-state index contributed by atoms with van der Waals surface area (Å²) in [6.45, 7) is 4.76. The van der Waals surface area contributed by atoms with E-state index in [0.717, 1.165) is 11.1 Å². The number of amides is 2. The van der Waals surface area contributed by atoms with Crippen LogP contribution in [-0.2, 0) is 17.8 Å². The standard InChI is InChI=1S/C26H28N2O2/c1-19(2)22-15-12-20(13-16-22)14-17-25(29)28-24-11-7-6-10-23(24)26(30)27-18-21-8-4-3-5-9-21/h3-13,15-16,19H,14,17-18H2,1-2H3,(H,27,30)(H,28,29). The Hall–Kier alpha value is -3.40. The summed E-state index contributed by atoms with van der Waals surface area (Å²) < 4.78 is 0. The zero-order valence-electron chi connectivity index (χ0n) is 17.5. The molecule has 2 N–H and O–H groups in total. The highest BCUT2D eigenvalue weighted by Gasteiger charge is 2.13. The van der Waals surface area contributed by atoms with E-state index in [1.807, 2.05) is 36.4 Å². The molecule has 0 aliphatic carbocycles. The van der Waals surface area contributed by atoms with Gasteiger partial charge < -0.3 is 10.6 Å². The third kappa shape index (κ3) is 6.05. The lowest BCUT2D eigenvalue weighted by atomic mass is 10.0. The van der Waals surface area contributed by atoms with Crippen molar-refractivity contribution in [3.05, 3.63) is 101 Å². The van der Waals surface area contributed by atoms with Gasteiger partial charge in [-0.3, -0.25) is 9.59 Å². The molecule has 0 heterocycles. The van der Waals surface area contributed by atoms with Crippen LogP contribution in [0.3, 0.4) is 0 Å². The molecule has 3 aromatic carbocycles. The molecule has 0 aliphatic rings. The van der Waals surface area contributed by atoms with E-state index in [0.29, 0.717) is 36.6 Å². The maximum absolute atomic E-state index is 12.6. The molecule has 4 nitrogen and oxygen atoms in total. The molecular formula is C26H28N2O2. The van der Waals surface area contributed by atoms with Crippen molar-refractivity contribution in [1.29, 1.82) is 0 Å². The average Bonchev–Trinajstić information content (AvgIpc) is 2.77. The molecule has 0 aromatic heterocycles. The molecule has 154 valence electrons. The van der Waals surface area contributed by atoms with Gasteiger partial charge in [-0.2, -0.15) is 0 Å². The van der Waals surface area contributed by atoms with Crippen molar-refractivity contribution in [3.63, 3.8) is 0 Å². The second-order valence-electron chi connectivity index (χ2n) is 7.66.